The minimum atomic E-state index is -2.86. The molecular formula is C26H26ClF3N6O4S. The van der Waals surface area contributed by atoms with Crippen molar-refractivity contribution in [2.24, 2.45) is 4.99 Å². The van der Waals surface area contributed by atoms with Gasteiger partial charge in [0, 0.05) is 59.8 Å². The fourth-order valence-electron chi connectivity index (χ4n) is 4.72. The van der Waals surface area contributed by atoms with Gasteiger partial charge in [-0.1, -0.05) is 17.7 Å². The molecule has 2 aliphatic heterocycles. The number of methoxy groups -OCH3 is 1. The van der Waals surface area contributed by atoms with Gasteiger partial charge in [-0.2, -0.15) is 13.9 Å². The molecule has 1 saturated heterocycles. The smallest absolute Gasteiger partial charge is 0.408 e. The molecule has 1 amide bonds. The Morgan fingerprint density at radius 3 is 2.88 bits per heavy atom. The van der Waals surface area contributed by atoms with Gasteiger partial charge in [0.25, 0.3) is 0 Å². The number of aromatic nitrogens is 3. The number of fused-ring (bicyclic) bond motifs is 1. The summed E-state index contributed by atoms with van der Waals surface area (Å²) in [6.07, 6.45) is 2.79. The summed E-state index contributed by atoms with van der Waals surface area (Å²) in [6.45, 7) is -2.38. The van der Waals surface area contributed by atoms with Crippen LogP contribution in [-0.2, 0) is 14.2 Å². The highest BCUT2D eigenvalue weighted by atomic mass is 35.5. The lowest BCUT2D eigenvalue weighted by Crippen LogP contribution is -2.47. The molecule has 0 spiro atoms. The van der Waals surface area contributed by atoms with Gasteiger partial charge in [0.05, 0.1) is 12.4 Å². The topological polar surface area (TPSA) is 103 Å². The molecule has 1 fully saturated rings. The average molecular weight is 611 g/mol. The Labute approximate surface area is 242 Å². The zero-order valence-electron chi connectivity index (χ0n) is 21.8. The number of nitrogens with zero attached hydrogens (tertiary/aromatic N) is 5. The number of thiazole rings is 1. The van der Waals surface area contributed by atoms with E-state index in [1.807, 2.05) is 0 Å². The molecule has 2 aliphatic rings. The van der Waals surface area contributed by atoms with E-state index in [4.69, 9.17) is 30.8 Å². The van der Waals surface area contributed by atoms with Crippen molar-refractivity contribution in [3.8, 4) is 0 Å². The second kappa shape index (κ2) is 13.0. The first kappa shape index (κ1) is 29.0. The van der Waals surface area contributed by atoms with Gasteiger partial charge in [0.15, 0.2) is 10.8 Å². The van der Waals surface area contributed by atoms with Crippen LogP contribution >= 0.6 is 22.9 Å². The third-order valence-electron chi connectivity index (χ3n) is 6.47. The van der Waals surface area contributed by atoms with E-state index in [2.05, 4.69) is 15.4 Å². The predicted octanol–water partition coefficient (Wildman–Crippen LogP) is 5.60. The van der Waals surface area contributed by atoms with Crippen molar-refractivity contribution < 1.29 is 32.2 Å². The Bertz CT molecular complexity index is 1430. The largest absolute Gasteiger partial charge is 0.446 e. The maximum Gasteiger partial charge on any atom is 0.408 e. The molecular weight excluding hydrogens is 585 g/mol. The average Bonchev–Trinajstić information content (AvgIpc) is 3.64. The van der Waals surface area contributed by atoms with Crippen LogP contribution in [0, 0.1) is 5.82 Å². The summed E-state index contributed by atoms with van der Waals surface area (Å²) in [7, 11) is 1.52. The number of aliphatic imine (C=N–C) groups is 1. The first-order valence-corrected chi connectivity index (χ1v) is 13.9. The number of rotatable bonds is 10. The monoisotopic (exact) mass is 610 g/mol. The number of hydrogen-bond acceptors (Lipinski definition) is 9. The van der Waals surface area contributed by atoms with Crippen molar-refractivity contribution in [2.45, 2.75) is 38.0 Å². The van der Waals surface area contributed by atoms with Gasteiger partial charge >= 0.3 is 12.6 Å². The summed E-state index contributed by atoms with van der Waals surface area (Å²) in [5, 5.41) is 9.34. The van der Waals surface area contributed by atoms with Gasteiger partial charge in [-0.05, 0) is 31.0 Å². The normalized spacial score (nSPS) is 19.4. The molecule has 2 aromatic heterocycles. The summed E-state index contributed by atoms with van der Waals surface area (Å²) in [6, 6.07) is 4.56. The van der Waals surface area contributed by atoms with Crippen LogP contribution in [-0.4, -0.2) is 64.9 Å². The van der Waals surface area contributed by atoms with Crippen LogP contribution in [0.1, 0.15) is 48.1 Å². The quantitative estimate of drug-likeness (QED) is 0.235. The van der Waals surface area contributed by atoms with Crippen LogP contribution in [0.15, 0.2) is 52.7 Å². The minimum absolute atomic E-state index is 0.0286. The van der Waals surface area contributed by atoms with Crippen LogP contribution in [0.5, 0.6) is 0 Å². The van der Waals surface area contributed by atoms with Crippen molar-refractivity contribution in [3.63, 3.8) is 0 Å². The summed E-state index contributed by atoms with van der Waals surface area (Å²) < 4.78 is 57.8. The van der Waals surface area contributed by atoms with E-state index in [0.717, 1.165) is 0 Å². The zero-order chi connectivity index (χ0) is 28.9. The Balaban J connectivity index is 1.65. The van der Waals surface area contributed by atoms with Gasteiger partial charge in [-0.3, -0.25) is 4.99 Å². The molecule has 0 bridgehead atoms. The second-order valence-corrected chi connectivity index (χ2v) is 10.4. The molecule has 1 unspecified atom stereocenters. The molecule has 1 N–H and O–H groups in total. The predicted molar refractivity (Wildman–Crippen MR) is 145 cm³/mol. The summed E-state index contributed by atoms with van der Waals surface area (Å²) in [5.41, 5.74) is 1.77. The molecule has 0 aliphatic carbocycles. The summed E-state index contributed by atoms with van der Waals surface area (Å²) in [4.78, 5) is 23.8. The van der Waals surface area contributed by atoms with Crippen molar-refractivity contribution in [3.05, 3.63) is 74.8 Å². The molecule has 0 saturated carbocycles. The van der Waals surface area contributed by atoms with E-state index < -0.39 is 30.6 Å². The number of carbonyl (C=O) groups excluding carboxylic acids is 1. The first-order valence-electron chi connectivity index (χ1n) is 12.6. The number of amides is 1. The number of hydrogen-bond donors (Lipinski definition) is 1. The standard InChI is InChI=1S/C26H26ClF3N6O4S/c1-38-14-39-9-2-3-16-12-20-21(19-6-8-36(34-19)25(29)30)22(17-5-4-15(28)11-18(17)27)33-23(24-31-7-10-41-24)35(20)13-32-26(37)40-16/h4-8,10-11,16,22,25H,2-3,9,12-14H2,1H3,(H,32,37)/t16?,22-/m0/s1. The second-order valence-electron chi connectivity index (χ2n) is 9.13. The first-order chi connectivity index (χ1) is 19.9. The maximum atomic E-state index is 14.1. The lowest BCUT2D eigenvalue weighted by Gasteiger charge is -2.39. The fourth-order valence-corrected chi connectivity index (χ4v) is 5.63. The van der Waals surface area contributed by atoms with Crippen LogP contribution in [0.2, 0.25) is 5.02 Å². The Morgan fingerprint density at radius 2 is 2.17 bits per heavy atom. The molecule has 3 aromatic rings. The minimum Gasteiger partial charge on any atom is -0.446 e. The van der Waals surface area contributed by atoms with E-state index in [9.17, 15) is 18.0 Å². The van der Waals surface area contributed by atoms with E-state index >= 15 is 0 Å². The summed E-state index contributed by atoms with van der Waals surface area (Å²) >= 11 is 7.86. The number of cyclic esters (lactones) is 1. The van der Waals surface area contributed by atoms with Crippen LogP contribution in [0.25, 0.3) is 5.57 Å². The lowest BCUT2D eigenvalue weighted by molar-refractivity contribution is -0.0343. The molecule has 218 valence electrons. The van der Waals surface area contributed by atoms with E-state index in [0.29, 0.717) is 51.8 Å². The van der Waals surface area contributed by atoms with Gasteiger partial charge in [0.2, 0.25) is 0 Å². The SMILES string of the molecule is COCOCCCC1CC2=C(c3ccn(C(F)F)n3)[C@H](c3ccc(F)cc3Cl)N=C(c3nccs3)N2CNC(=O)O1. The van der Waals surface area contributed by atoms with Crippen LogP contribution in [0.4, 0.5) is 18.0 Å². The molecule has 0 radical (unpaired) electrons. The van der Waals surface area contributed by atoms with Crippen molar-refractivity contribution in [1.29, 1.82) is 0 Å². The Hall–Kier alpha value is -3.46. The highest BCUT2D eigenvalue weighted by Gasteiger charge is 2.38. The number of ether oxygens (including phenoxy) is 3. The van der Waals surface area contributed by atoms with Gasteiger partial charge < -0.3 is 24.4 Å². The molecule has 10 nitrogen and oxygen atoms in total. The number of nitrogens with one attached hydrogen (secondary N) is 1. The number of amidine groups is 1. The van der Waals surface area contributed by atoms with Gasteiger partial charge in [-0.15, -0.1) is 11.3 Å². The number of alkyl carbamates (subject to hydrolysis) is 1. The third-order valence-corrected chi connectivity index (χ3v) is 7.57. The molecule has 41 heavy (non-hydrogen) atoms. The Morgan fingerprint density at radius 1 is 1.32 bits per heavy atom. The highest BCUT2D eigenvalue weighted by molar-refractivity contribution is 7.11. The van der Waals surface area contributed by atoms with Crippen molar-refractivity contribution in [2.75, 3.05) is 27.2 Å². The molecule has 4 heterocycles. The van der Waals surface area contributed by atoms with E-state index in [-0.39, 0.29) is 30.6 Å². The third kappa shape index (κ3) is 6.56. The molecule has 15 heteroatoms. The van der Waals surface area contributed by atoms with Crippen LogP contribution < -0.4 is 5.32 Å². The fraction of sp³-hybridized carbons (Fsp3) is 0.385. The zero-order valence-corrected chi connectivity index (χ0v) is 23.4. The van der Waals surface area contributed by atoms with Gasteiger partial charge in [-0.25, -0.2) is 18.9 Å². The Kier molecular flexibility index (Phi) is 9.22. The molecule has 2 atom stereocenters. The van der Waals surface area contributed by atoms with Crippen LogP contribution in [0.3, 0.4) is 0 Å². The van der Waals surface area contributed by atoms with Crippen molar-refractivity contribution in [1.82, 2.24) is 25.0 Å². The van der Waals surface area contributed by atoms with E-state index in [1.54, 1.807) is 16.5 Å². The molecule has 5 rings (SSSR count). The van der Waals surface area contributed by atoms with E-state index in [1.165, 1.54) is 48.9 Å². The highest BCUT2D eigenvalue weighted by Crippen LogP contribution is 2.45. The van der Waals surface area contributed by atoms with Gasteiger partial charge in [0.1, 0.15) is 24.8 Å². The number of alkyl halides is 2. The molecule has 1 aromatic carbocycles. The number of carbonyl (C=O) groups is 1. The summed E-state index contributed by atoms with van der Waals surface area (Å²) in [5.74, 6) is -0.101. The number of benzene rings is 1. The maximum absolute atomic E-state index is 14.1. The lowest BCUT2D eigenvalue weighted by atomic mass is 9.90. The van der Waals surface area contributed by atoms with Crippen molar-refractivity contribution >= 4 is 40.4 Å². The number of halogens is 4.